The van der Waals surface area contributed by atoms with Crippen molar-refractivity contribution in [2.45, 2.75) is 39.7 Å². The zero-order chi connectivity index (χ0) is 8.97. The lowest BCUT2D eigenvalue weighted by atomic mass is 10.3. The number of rotatable bonds is 4. The summed E-state index contributed by atoms with van der Waals surface area (Å²) in [6.45, 7) is 5.40. The minimum Gasteiger partial charge on any atom is -0.268 e. The van der Waals surface area contributed by atoms with Gasteiger partial charge in [-0.1, -0.05) is 20.3 Å². The maximum absolute atomic E-state index is 4.29. The monoisotopic (exact) mass is 230 g/mol. The number of aromatic nitrogens is 2. The molecule has 0 unspecified atom stereocenters. The Balaban J connectivity index is 2.70. The first-order valence-electron chi connectivity index (χ1n) is 4.49. The van der Waals surface area contributed by atoms with Crippen molar-refractivity contribution in [2.24, 2.45) is 0 Å². The Labute approximate surface area is 82.1 Å². The molecule has 0 bridgehead atoms. The minimum absolute atomic E-state index is 1.05. The molecule has 0 N–H and O–H groups in total. The first-order valence-corrected chi connectivity index (χ1v) is 5.29. The van der Waals surface area contributed by atoms with E-state index in [2.05, 4.69) is 39.6 Å². The summed E-state index contributed by atoms with van der Waals surface area (Å²) in [6, 6.07) is 0. The van der Waals surface area contributed by atoms with Gasteiger partial charge in [0.05, 0.1) is 16.4 Å². The Bertz CT molecular complexity index is 243. The molecule has 12 heavy (non-hydrogen) atoms. The van der Waals surface area contributed by atoms with Crippen LogP contribution in [0.25, 0.3) is 0 Å². The Morgan fingerprint density at radius 3 is 2.83 bits per heavy atom. The van der Waals surface area contributed by atoms with Crippen LogP contribution in [-0.4, -0.2) is 9.78 Å². The summed E-state index contributed by atoms with van der Waals surface area (Å²) in [5, 5.41) is 4.29. The molecule has 0 amide bonds. The van der Waals surface area contributed by atoms with Gasteiger partial charge in [0.15, 0.2) is 0 Å². The van der Waals surface area contributed by atoms with E-state index in [0.717, 1.165) is 17.4 Å². The number of aryl methyl sites for hydroxylation is 1. The molecule has 1 aromatic heterocycles. The fourth-order valence-electron chi connectivity index (χ4n) is 1.24. The topological polar surface area (TPSA) is 17.8 Å². The summed E-state index contributed by atoms with van der Waals surface area (Å²) in [5.41, 5.74) is 1.31. The number of halogens is 1. The van der Waals surface area contributed by atoms with Crippen LogP contribution in [-0.2, 0) is 13.0 Å². The molecule has 0 aliphatic carbocycles. The quantitative estimate of drug-likeness (QED) is 0.778. The highest BCUT2D eigenvalue weighted by Crippen LogP contribution is 2.16. The van der Waals surface area contributed by atoms with E-state index in [-0.39, 0.29) is 0 Å². The van der Waals surface area contributed by atoms with Crippen LogP contribution in [0, 0.1) is 0 Å². The summed E-state index contributed by atoms with van der Waals surface area (Å²) < 4.78 is 3.23. The van der Waals surface area contributed by atoms with Gasteiger partial charge >= 0.3 is 0 Å². The molecule has 0 radical (unpaired) electrons. The summed E-state index contributed by atoms with van der Waals surface area (Å²) in [7, 11) is 0. The van der Waals surface area contributed by atoms with Gasteiger partial charge in [-0.15, -0.1) is 0 Å². The molecule has 0 saturated carbocycles. The standard InChI is InChI=1S/C9H15BrN2/c1-3-5-6-12-9(4-2)8(10)7-11-12/h7H,3-6H2,1-2H3. The molecule has 3 heteroatoms. The van der Waals surface area contributed by atoms with Crippen molar-refractivity contribution in [3.63, 3.8) is 0 Å². The molecule has 1 aromatic rings. The van der Waals surface area contributed by atoms with E-state index in [1.54, 1.807) is 0 Å². The Morgan fingerprint density at radius 2 is 2.25 bits per heavy atom. The first-order chi connectivity index (χ1) is 5.79. The lowest BCUT2D eigenvalue weighted by Crippen LogP contribution is -2.04. The average molecular weight is 231 g/mol. The largest absolute Gasteiger partial charge is 0.268 e. The van der Waals surface area contributed by atoms with E-state index in [0.29, 0.717) is 0 Å². The predicted molar refractivity (Wildman–Crippen MR) is 54.2 cm³/mol. The fraction of sp³-hybridized carbons (Fsp3) is 0.667. The molecular weight excluding hydrogens is 216 g/mol. The van der Waals surface area contributed by atoms with E-state index < -0.39 is 0 Å². The highest BCUT2D eigenvalue weighted by atomic mass is 79.9. The third kappa shape index (κ3) is 2.09. The minimum atomic E-state index is 1.05. The van der Waals surface area contributed by atoms with Gasteiger partial charge in [-0.05, 0) is 28.8 Å². The second-order valence-corrected chi connectivity index (χ2v) is 3.72. The van der Waals surface area contributed by atoms with Gasteiger partial charge in [-0.25, -0.2) is 0 Å². The van der Waals surface area contributed by atoms with Gasteiger partial charge in [-0.3, -0.25) is 4.68 Å². The third-order valence-electron chi connectivity index (χ3n) is 1.96. The molecule has 0 fully saturated rings. The SMILES string of the molecule is CCCCn1ncc(Br)c1CC. The molecule has 1 heterocycles. The van der Waals surface area contributed by atoms with Crippen molar-refractivity contribution in [1.29, 1.82) is 0 Å². The van der Waals surface area contributed by atoms with Crippen LogP contribution in [0.1, 0.15) is 32.4 Å². The van der Waals surface area contributed by atoms with Gasteiger partial charge < -0.3 is 0 Å². The van der Waals surface area contributed by atoms with Gasteiger partial charge in [-0.2, -0.15) is 5.10 Å². The molecule has 0 saturated heterocycles. The second kappa shape index (κ2) is 4.65. The van der Waals surface area contributed by atoms with Crippen molar-refractivity contribution in [2.75, 3.05) is 0 Å². The van der Waals surface area contributed by atoms with Crippen molar-refractivity contribution in [3.05, 3.63) is 16.4 Å². The van der Waals surface area contributed by atoms with Crippen LogP contribution in [0.15, 0.2) is 10.7 Å². The van der Waals surface area contributed by atoms with Crippen molar-refractivity contribution in [3.8, 4) is 0 Å². The zero-order valence-corrected chi connectivity index (χ0v) is 9.26. The van der Waals surface area contributed by atoms with E-state index in [9.17, 15) is 0 Å². The van der Waals surface area contributed by atoms with Crippen LogP contribution in [0.3, 0.4) is 0 Å². The summed E-state index contributed by atoms with van der Waals surface area (Å²) in [6.07, 6.45) is 5.36. The maximum atomic E-state index is 4.29. The predicted octanol–water partition coefficient (Wildman–Crippen LogP) is 3.01. The van der Waals surface area contributed by atoms with E-state index in [4.69, 9.17) is 0 Å². The third-order valence-corrected chi connectivity index (χ3v) is 2.62. The Hall–Kier alpha value is -0.310. The fourth-order valence-corrected chi connectivity index (χ4v) is 1.82. The molecule has 68 valence electrons. The maximum Gasteiger partial charge on any atom is 0.0635 e. The van der Waals surface area contributed by atoms with Crippen molar-refractivity contribution in [1.82, 2.24) is 9.78 Å². The summed E-state index contributed by atoms with van der Waals surface area (Å²) in [4.78, 5) is 0. The van der Waals surface area contributed by atoms with Gasteiger partial charge in [0.1, 0.15) is 0 Å². The van der Waals surface area contributed by atoms with E-state index in [1.807, 2.05) is 6.20 Å². The number of nitrogens with zero attached hydrogens (tertiary/aromatic N) is 2. The molecule has 2 nitrogen and oxygen atoms in total. The zero-order valence-electron chi connectivity index (χ0n) is 7.68. The number of hydrogen-bond donors (Lipinski definition) is 0. The summed E-state index contributed by atoms with van der Waals surface area (Å²) in [5.74, 6) is 0. The molecule has 1 rings (SSSR count). The molecule has 0 aliphatic heterocycles. The molecule has 0 aliphatic rings. The number of unbranched alkanes of at least 4 members (excludes halogenated alkanes) is 1. The second-order valence-electron chi connectivity index (χ2n) is 2.87. The Morgan fingerprint density at radius 1 is 1.50 bits per heavy atom. The normalized spacial score (nSPS) is 10.6. The summed E-state index contributed by atoms with van der Waals surface area (Å²) >= 11 is 3.49. The lowest BCUT2D eigenvalue weighted by Gasteiger charge is -2.04. The van der Waals surface area contributed by atoms with Crippen LogP contribution >= 0.6 is 15.9 Å². The van der Waals surface area contributed by atoms with Gasteiger partial charge in [0.2, 0.25) is 0 Å². The van der Waals surface area contributed by atoms with Crippen molar-refractivity contribution < 1.29 is 0 Å². The van der Waals surface area contributed by atoms with Gasteiger partial charge in [0.25, 0.3) is 0 Å². The smallest absolute Gasteiger partial charge is 0.0635 e. The van der Waals surface area contributed by atoms with Crippen LogP contribution in [0.5, 0.6) is 0 Å². The van der Waals surface area contributed by atoms with Crippen molar-refractivity contribution >= 4 is 15.9 Å². The average Bonchev–Trinajstić information content (AvgIpc) is 2.43. The number of hydrogen-bond acceptors (Lipinski definition) is 1. The first kappa shape index (κ1) is 9.78. The Kier molecular flexibility index (Phi) is 3.79. The van der Waals surface area contributed by atoms with Crippen LogP contribution in [0.4, 0.5) is 0 Å². The molecule has 0 atom stereocenters. The van der Waals surface area contributed by atoms with E-state index >= 15 is 0 Å². The van der Waals surface area contributed by atoms with E-state index in [1.165, 1.54) is 18.5 Å². The molecular formula is C9H15BrN2. The molecule has 0 spiro atoms. The van der Waals surface area contributed by atoms with Gasteiger partial charge in [0, 0.05) is 6.54 Å². The molecule has 0 aromatic carbocycles. The highest BCUT2D eigenvalue weighted by Gasteiger charge is 2.04. The highest BCUT2D eigenvalue weighted by molar-refractivity contribution is 9.10. The lowest BCUT2D eigenvalue weighted by molar-refractivity contribution is 0.550. The van der Waals surface area contributed by atoms with Crippen LogP contribution in [0.2, 0.25) is 0 Å². The van der Waals surface area contributed by atoms with Crippen LogP contribution < -0.4 is 0 Å².